The average Bonchev–Trinajstić information content (AvgIpc) is 1.79. The summed E-state index contributed by atoms with van der Waals surface area (Å²) in [4.78, 5) is 0. The van der Waals surface area contributed by atoms with Crippen LogP contribution in [0.2, 0.25) is 0 Å². The third kappa shape index (κ3) is 4.32. The van der Waals surface area contributed by atoms with Gasteiger partial charge in [0.15, 0.2) is 0 Å². The minimum atomic E-state index is -5.25. The zero-order valence-electron chi connectivity index (χ0n) is 6.33. The monoisotopic (exact) mass is 212 g/mol. The van der Waals surface area contributed by atoms with E-state index in [0.717, 1.165) is 0 Å². The van der Waals surface area contributed by atoms with E-state index in [1.807, 2.05) is 0 Å². The van der Waals surface area contributed by atoms with Crippen LogP contribution in [0.1, 0.15) is 6.92 Å². The molecule has 0 radical (unpaired) electrons. The van der Waals surface area contributed by atoms with E-state index in [-0.39, 0.29) is 6.92 Å². The Labute approximate surface area is 69.1 Å². The molecule has 0 aromatic carbocycles. The molecule has 0 aliphatic heterocycles. The van der Waals surface area contributed by atoms with E-state index >= 15 is 0 Å². The number of alkyl halides is 6. The van der Waals surface area contributed by atoms with Crippen LogP contribution in [-0.2, 0) is 4.74 Å². The lowest BCUT2D eigenvalue weighted by Crippen LogP contribution is -2.46. The highest BCUT2D eigenvalue weighted by Crippen LogP contribution is 2.32. The van der Waals surface area contributed by atoms with Crippen molar-refractivity contribution in [3.05, 3.63) is 0 Å². The first-order chi connectivity index (χ1) is 5.46. The van der Waals surface area contributed by atoms with E-state index in [2.05, 4.69) is 4.74 Å². The molecule has 0 aliphatic rings. The fraction of sp³-hybridized carbons (Fsp3) is 1.00. The topological polar surface area (TPSA) is 29.5 Å². The first kappa shape index (κ1) is 12.5. The molecule has 0 amide bonds. The summed E-state index contributed by atoms with van der Waals surface area (Å²) in [6.45, 7) is -2.06. The summed E-state index contributed by atoms with van der Waals surface area (Å²) in [5.74, 6) is -3.78. The van der Waals surface area contributed by atoms with Crippen molar-refractivity contribution in [1.29, 1.82) is 0 Å². The maximum atomic E-state index is 11.7. The van der Waals surface area contributed by atoms with Gasteiger partial charge >= 0.3 is 12.4 Å². The maximum absolute atomic E-state index is 11.7. The molecule has 1 unspecified atom stereocenters. The predicted octanol–water partition coefficient (Wildman–Crippen LogP) is 1.84. The molecule has 1 N–H and O–H groups in total. The van der Waals surface area contributed by atoms with Gasteiger partial charge in [-0.1, -0.05) is 0 Å². The summed E-state index contributed by atoms with van der Waals surface area (Å²) in [5, 5.41) is 8.37. The van der Waals surface area contributed by atoms with Crippen LogP contribution < -0.4 is 0 Å². The standard InChI is InChI=1S/C5H6F6O2/c1-3(12,5(9,10)11)13-2-4(6,7)8/h12H,2H2,1H3. The Balaban J connectivity index is 4.21. The molecular weight excluding hydrogens is 206 g/mol. The maximum Gasteiger partial charge on any atom is 0.442 e. The van der Waals surface area contributed by atoms with Gasteiger partial charge in [0.1, 0.15) is 6.61 Å². The molecular formula is C5H6F6O2. The highest BCUT2D eigenvalue weighted by Gasteiger charge is 2.53. The summed E-state index contributed by atoms with van der Waals surface area (Å²) >= 11 is 0. The molecule has 0 bridgehead atoms. The molecule has 0 fully saturated rings. The number of halogens is 6. The summed E-state index contributed by atoms with van der Waals surface area (Å²) in [5.41, 5.74) is 0. The van der Waals surface area contributed by atoms with E-state index in [0.29, 0.717) is 0 Å². The molecule has 0 saturated carbocycles. The smallest absolute Gasteiger partial charge is 0.359 e. The van der Waals surface area contributed by atoms with E-state index in [1.54, 1.807) is 0 Å². The second-order valence-electron chi connectivity index (χ2n) is 2.38. The zero-order chi connectivity index (χ0) is 10.9. The second-order valence-corrected chi connectivity index (χ2v) is 2.38. The summed E-state index contributed by atoms with van der Waals surface area (Å²) in [6.07, 6.45) is -10.2. The fourth-order valence-electron chi connectivity index (χ4n) is 0.304. The van der Waals surface area contributed by atoms with E-state index in [4.69, 9.17) is 5.11 Å². The SMILES string of the molecule is CC(O)(OCC(F)(F)F)C(F)(F)F. The van der Waals surface area contributed by atoms with E-state index in [1.165, 1.54) is 0 Å². The molecule has 2 nitrogen and oxygen atoms in total. The Bertz CT molecular complexity index is 169. The van der Waals surface area contributed by atoms with Crippen molar-refractivity contribution >= 4 is 0 Å². The third-order valence-electron chi connectivity index (χ3n) is 1.04. The molecule has 1 atom stereocenters. The lowest BCUT2D eigenvalue weighted by atomic mass is 10.3. The molecule has 0 aliphatic carbocycles. The lowest BCUT2D eigenvalue weighted by molar-refractivity contribution is -0.372. The van der Waals surface area contributed by atoms with Gasteiger partial charge in [-0.2, -0.15) is 26.3 Å². The molecule has 0 spiro atoms. The number of hydrogen-bond acceptors (Lipinski definition) is 2. The first-order valence-electron chi connectivity index (χ1n) is 2.95. The quantitative estimate of drug-likeness (QED) is 0.559. The van der Waals surface area contributed by atoms with Gasteiger partial charge in [0.2, 0.25) is 0 Å². The fourth-order valence-corrected chi connectivity index (χ4v) is 0.304. The largest absolute Gasteiger partial charge is 0.442 e. The van der Waals surface area contributed by atoms with E-state index < -0.39 is 24.7 Å². The summed E-state index contributed by atoms with van der Waals surface area (Å²) in [6, 6.07) is 0. The molecule has 0 heterocycles. The second kappa shape index (κ2) is 3.33. The normalized spacial score (nSPS) is 18.5. The van der Waals surface area contributed by atoms with Gasteiger partial charge in [0.25, 0.3) is 5.79 Å². The number of rotatable bonds is 2. The van der Waals surface area contributed by atoms with Gasteiger partial charge in [0, 0.05) is 0 Å². The highest BCUT2D eigenvalue weighted by molar-refractivity contribution is 4.70. The van der Waals surface area contributed by atoms with Gasteiger partial charge in [-0.15, -0.1) is 0 Å². The Hall–Kier alpha value is -0.500. The summed E-state index contributed by atoms with van der Waals surface area (Å²) < 4.78 is 72.4. The Kier molecular flexibility index (Phi) is 3.21. The minimum absolute atomic E-state index is 0.0960. The lowest BCUT2D eigenvalue weighted by Gasteiger charge is -2.26. The van der Waals surface area contributed by atoms with Crippen LogP contribution in [0.3, 0.4) is 0 Å². The van der Waals surface area contributed by atoms with Crippen LogP contribution in [0, 0.1) is 0 Å². The molecule has 0 saturated heterocycles. The van der Waals surface area contributed by atoms with Crippen molar-refractivity contribution in [2.45, 2.75) is 25.1 Å². The van der Waals surface area contributed by atoms with E-state index in [9.17, 15) is 26.3 Å². The molecule has 0 aromatic heterocycles. The van der Waals surface area contributed by atoms with Crippen molar-refractivity contribution in [2.24, 2.45) is 0 Å². The van der Waals surface area contributed by atoms with Gasteiger partial charge < -0.3 is 9.84 Å². The molecule has 0 rings (SSSR count). The number of aliphatic hydroxyl groups is 1. The Morgan fingerprint density at radius 3 is 1.69 bits per heavy atom. The Morgan fingerprint density at radius 1 is 1.08 bits per heavy atom. The van der Waals surface area contributed by atoms with Gasteiger partial charge in [0.05, 0.1) is 0 Å². The van der Waals surface area contributed by atoms with Crippen molar-refractivity contribution in [1.82, 2.24) is 0 Å². The van der Waals surface area contributed by atoms with Crippen molar-refractivity contribution in [3.63, 3.8) is 0 Å². The average molecular weight is 212 g/mol. The molecule has 13 heavy (non-hydrogen) atoms. The molecule has 80 valence electrons. The van der Waals surface area contributed by atoms with Crippen LogP contribution in [0.4, 0.5) is 26.3 Å². The molecule has 0 aromatic rings. The molecule has 8 heteroatoms. The van der Waals surface area contributed by atoms with Crippen LogP contribution in [0.5, 0.6) is 0 Å². The predicted molar refractivity (Wildman–Crippen MR) is 28.7 cm³/mol. The third-order valence-corrected chi connectivity index (χ3v) is 1.04. The number of hydrogen-bond donors (Lipinski definition) is 1. The van der Waals surface area contributed by atoms with Crippen LogP contribution in [0.15, 0.2) is 0 Å². The minimum Gasteiger partial charge on any atom is -0.359 e. The van der Waals surface area contributed by atoms with Crippen molar-refractivity contribution < 1.29 is 36.2 Å². The van der Waals surface area contributed by atoms with Crippen LogP contribution in [0.25, 0.3) is 0 Å². The summed E-state index contributed by atoms with van der Waals surface area (Å²) in [7, 11) is 0. The first-order valence-corrected chi connectivity index (χ1v) is 2.95. The van der Waals surface area contributed by atoms with Gasteiger partial charge in [-0.05, 0) is 6.92 Å². The van der Waals surface area contributed by atoms with Crippen molar-refractivity contribution in [2.75, 3.05) is 6.61 Å². The Morgan fingerprint density at radius 2 is 1.46 bits per heavy atom. The van der Waals surface area contributed by atoms with Gasteiger partial charge in [-0.25, -0.2) is 0 Å². The number of ether oxygens (including phenoxy) is 1. The van der Waals surface area contributed by atoms with Crippen molar-refractivity contribution in [3.8, 4) is 0 Å². The highest BCUT2D eigenvalue weighted by atomic mass is 19.4. The van der Waals surface area contributed by atoms with Crippen LogP contribution in [-0.4, -0.2) is 29.9 Å². The zero-order valence-corrected chi connectivity index (χ0v) is 6.33. The van der Waals surface area contributed by atoms with Gasteiger partial charge in [-0.3, -0.25) is 0 Å². The van der Waals surface area contributed by atoms with Crippen LogP contribution >= 0.6 is 0 Å².